The van der Waals surface area contributed by atoms with Crippen molar-refractivity contribution in [3.63, 3.8) is 0 Å². The molecule has 0 bridgehead atoms. The maximum absolute atomic E-state index is 14.4. The van der Waals surface area contributed by atoms with E-state index in [0.29, 0.717) is 17.1 Å². The first kappa shape index (κ1) is 29.9. The van der Waals surface area contributed by atoms with Crippen LogP contribution in [-0.2, 0) is 9.59 Å². The highest BCUT2D eigenvalue weighted by Crippen LogP contribution is 2.36. The van der Waals surface area contributed by atoms with Crippen LogP contribution in [0.25, 0.3) is 6.08 Å². The van der Waals surface area contributed by atoms with Crippen LogP contribution in [0.4, 0.5) is 15.9 Å². The van der Waals surface area contributed by atoms with E-state index >= 15 is 0 Å². The van der Waals surface area contributed by atoms with Crippen LogP contribution in [0.15, 0.2) is 144 Å². The number of carbonyl (C=O) groups excluding carboxylic acids is 3. The number of thioether (sulfide) groups is 1. The van der Waals surface area contributed by atoms with Crippen molar-refractivity contribution in [1.29, 1.82) is 0 Å². The Hall–Kier alpha value is -5.54. The van der Waals surface area contributed by atoms with Gasteiger partial charge in [0.2, 0.25) is 5.91 Å². The van der Waals surface area contributed by atoms with Crippen molar-refractivity contribution in [2.24, 2.45) is 0 Å². The van der Waals surface area contributed by atoms with Gasteiger partial charge in [0.15, 0.2) is 0 Å². The lowest BCUT2D eigenvalue weighted by molar-refractivity contribution is -0.116. The van der Waals surface area contributed by atoms with E-state index in [9.17, 15) is 18.8 Å². The first-order chi connectivity index (χ1) is 21.5. The fourth-order valence-corrected chi connectivity index (χ4v) is 5.20. The maximum atomic E-state index is 14.4. The molecular weight excluding hydrogens is 575 g/mol. The molecule has 5 rings (SSSR count). The lowest BCUT2D eigenvalue weighted by Crippen LogP contribution is -2.30. The van der Waals surface area contributed by atoms with Gasteiger partial charge in [-0.3, -0.25) is 14.4 Å². The van der Waals surface area contributed by atoms with Crippen molar-refractivity contribution in [1.82, 2.24) is 10.3 Å². The third-order valence-electron chi connectivity index (χ3n) is 6.36. The second-order valence-corrected chi connectivity index (χ2v) is 10.7. The van der Waals surface area contributed by atoms with E-state index in [1.807, 2.05) is 30.3 Å². The monoisotopic (exact) mass is 602 g/mol. The molecule has 1 atom stereocenters. The molecule has 3 amide bonds. The minimum absolute atomic E-state index is 0.127. The van der Waals surface area contributed by atoms with Gasteiger partial charge in [-0.2, -0.15) is 0 Å². The number of benzene rings is 4. The van der Waals surface area contributed by atoms with Crippen molar-refractivity contribution < 1.29 is 18.8 Å². The molecule has 0 saturated carbocycles. The van der Waals surface area contributed by atoms with Gasteiger partial charge in [-0.05, 0) is 66.2 Å². The number of hydrogen-bond donors (Lipinski definition) is 3. The molecule has 9 heteroatoms. The Morgan fingerprint density at radius 2 is 1.39 bits per heavy atom. The average molecular weight is 603 g/mol. The standard InChI is InChI=1S/C35H27FN4O3S/c36-29-16-8-7-15-26(29)23-30(39-33(41)25-13-5-2-6-14-25)34(42)38-27-18-20-28(21-19-27)44-32(24-11-3-1-4-12-24)35(43)40-31-17-9-10-22-37-31/h1-23,32H,(H,38,42)(H,39,41)(H,37,40,43)/b30-23-. The number of amides is 3. The molecule has 1 heterocycles. The van der Waals surface area contributed by atoms with Gasteiger partial charge in [-0.25, -0.2) is 9.37 Å². The zero-order valence-electron chi connectivity index (χ0n) is 23.3. The van der Waals surface area contributed by atoms with Crippen LogP contribution in [0.5, 0.6) is 0 Å². The first-order valence-electron chi connectivity index (χ1n) is 13.6. The summed E-state index contributed by atoms with van der Waals surface area (Å²) >= 11 is 1.35. The summed E-state index contributed by atoms with van der Waals surface area (Å²) < 4.78 is 14.4. The summed E-state index contributed by atoms with van der Waals surface area (Å²) in [7, 11) is 0. The van der Waals surface area contributed by atoms with E-state index in [1.165, 1.54) is 30.0 Å². The van der Waals surface area contributed by atoms with E-state index in [4.69, 9.17) is 0 Å². The van der Waals surface area contributed by atoms with Crippen molar-refractivity contribution >= 4 is 47.1 Å². The van der Waals surface area contributed by atoms with Gasteiger partial charge in [0.05, 0.1) is 0 Å². The van der Waals surface area contributed by atoms with Gasteiger partial charge in [-0.1, -0.05) is 72.8 Å². The number of anilines is 2. The molecule has 5 aromatic rings. The van der Waals surface area contributed by atoms with Crippen molar-refractivity contribution in [2.45, 2.75) is 10.1 Å². The van der Waals surface area contributed by atoms with Crippen LogP contribution >= 0.6 is 11.8 Å². The molecule has 3 N–H and O–H groups in total. The van der Waals surface area contributed by atoms with Crippen molar-refractivity contribution in [3.05, 3.63) is 162 Å². The van der Waals surface area contributed by atoms with Crippen LogP contribution in [0.1, 0.15) is 26.7 Å². The first-order valence-corrected chi connectivity index (χ1v) is 14.5. The summed E-state index contributed by atoms with van der Waals surface area (Å²) in [4.78, 5) is 44.4. The molecular formula is C35H27FN4O3S. The molecule has 0 fully saturated rings. The quantitative estimate of drug-likeness (QED) is 0.117. The van der Waals surface area contributed by atoms with E-state index < -0.39 is 22.9 Å². The molecule has 7 nitrogen and oxygen atoms in total. The Balaban J connectivity index is 1.33. The van der Waals surface area contributed by atoms with E-state index in [0.717, 1.165) is 10.5 Å². The molecule has 0 aliphatic carbocycles. The summed E-state index contributed by atoms with van der Waals surface area (Å²) in [6.07, 6.45) is 2.90. The highest BCUT2D eigenvalue weighted by atomic mass is 32.2. The summed E-state index contributed by atoms with van der Waals surface area (Å²) in [5, 5.41) is 7.67. The summed E-state index contributed by atoms with van der Waals surface area (Å²) in [6.45, 7) is 0. The molecule has 44 heavy (non-hydrogen) atoms. The Labute approximate surface area is 258 Å². The van der Waals surface area contributed by atoms with Gasteiger partial charge >= 0.3 is 0 Å². The Morgan fingerprint density at radius 1 is 0.727 bits per heavy atom. The van der Waals surface area contributed by atoms with Gasteiger partial charge < -0.3 is 16.0 Å². The van der Waals surface area contributed by atoms with Crippen molar-refractivity contribution in [2.75, 3.05) is 10.6 Å². The zero-order valence-corrected chi connectivity index (χ0v) is 24.1. The van der Waals surface area contributed by atoms with Gasteiger partial charge in [0.1, 0.15) is 22.6 Å². The number of nitrogens with zero attached hydrogens (tertiary/aromatic N) is 1. The Kier molecular flexibility index (Phi) is 9.91. The summed E-state index contributed by atoms with van der Waals surface area (Å²) in [5.74, 6) is -1.45. The second kappa shape index (κ2) is 14.6. The fourth-order valence-electron chi connectivity index (χ4n) is 4.17. The van der Waals surface area contributed by atoms with E-state index in [2.05, 4.69) is 20.9 Å². The lowest BCUT2D eigenvalue weighted by Gasteiger charge is -2.17. The predicted octanol–water partition coefficient (Wildman–Crippen LogP) is 7.10. The molecule has 0 aliphatic rings. The van der Waals surface area contributed by atoms with Crippen LogP contribution in [0.2, 0.25) is 0 Å². The predicted molar refractivity (Wildman–Crippen MR) is 171 cm³/mol. The number of aromatic nitrogens is 1. The number of nitrogens with one attached hydrogen (secondary N) is 3. The molecule has 0 radical (unpaired) electrons. The molecule has 218 valence electrons. The van der Waals surface area contributed by atoms with E-state index in [-0.39, 0.29) is 17.2 Å². The molecule has 0 aliphatic heterocycles. The highest BCUT2D eigenvalue weighted by Gasteiger charge is 2.23. The highest BCUT2D eigenvalue weighted by molar-refractivity contribution is 8.00. The molecule has 0 saturated heterocycles. The number of rotatable bonds is 10. The van der Waals surface area contributed by atoms with Gasteiger partial charge in [-0.15, -0.1) is 11.8 Å². The fraction of sp³-hybridized carbons (Fsp3) is 0.0286. The van der Waals surface area contributed by atoms with Gasteiger partial charge in [0.25, 0.3) is 11.8 Å². The molecule has 1 aromatic heterocycles. The Morgan fingerprint density at radius 3 is 2.07 bits per heavy atom. The van der Waals surface area contributed by atoms with E-state index in [1.54, 1.807) is 91.1 Å². The molecule has 4 aromatic carbocycles. The zero-order chi connectivity index (χ0) is 30.7. The maximum Gasteiger partial charge on any atom is 0.272 e. The Bertz CT molecular complexity index is 1770. The SMILES string of the molecule is O=C(Nc1ccc(SC(C(=O)Nc2ccccn2)c2ccccc2)cc1)/C(=C/c1ccccc1F)NC(=O)c1ccccc1. The summed E-state index contributed by atoms with van der Waals surface area (Å²) in [6, 6.07) is 36.0. The topological polar surface area (TPSA) is 100 Å². The number of halogens is 1. The third-order valence-corrected chi connectivity index (χ3v) is 7.62. The van der Waals surface area contributed by atoms with Crippen LogP contribution < -0.4 is 16.0 Å². The molecule has 1 unspecified atom stereocenters. The minimum Gasteiger partial charge on any atom is -0.321 e. The lowest BCUT2D eigenvalue weighted by atomic mass is 10.1. The minimum atomic E-state index is -0.630. The average Bonchev–Trinajstić information content (AvgIpc) is 3.06. The summed E-state index contributed by atoms with van der Waals surface area (Å²) in [5.41, 5.74) is 1.63. The smallest absolute Gasteiger partial charge is 0.272 e. The number of pyridine rings is 1. The molecule has 0 spiro atoms. The number of hydrogen-bond acceptors (Lipinski definition) is 5. The largest absolute Gasteiger partial charge is 0.321 e. The second-order valence-electron chi connectivity index (χ2n) is 9.49. The van der Waals surface area contributed by atoms with Crippen LogP contribution in [0, 0.1) is 5.82 Å². The van der Waals surface area contributed by atoms with Crippen molar-refractivity contribution in [3.8, 4) is 0 Å². The number of carbonyl (C=O) groups is 3. The normalized spacial score (nSPS) is 11.7. The van der Waals surface area contributed by atoms with Gasteiger partial charge in [0, 0.05) is 27.9 Å². The van der Waals surface area contributed by atoms with Crippen LogP contribution in [-0.4, -0.2) is 22.7 Å². The van der Waals surface area contributed by atoms with Crippen LogP contribution in [0.3, 0.4) is 0 Å². The third kappa shape index (κ3) is 8.05.